The molecule has 0 aromatic rings. The van der Waals surface area contributed by atoms with Gasteiger partial charge >= 0.3 is 5.91 Å². The summed E-state index contributed by atoms with van der Waals surface area (Å²) in [6, 6.07) is 0. The van der Waals surface area contributed by atoms with Gasteiger partial charge in [0.05, 0.1) is 6.92 Å². The van der Waals surface area contributed by atoms with E-state index in [9.17, 15) is 10.0 Å². The molecule has 1 aliphatic heterocycles. The molecule has 1 saturated heterocycles. The number of quaternary nitrogens is 1. The van der Waals surface area contributed by atoms with Crippen LogP contribution < -0.4 is 0 Å². The lowest BCUT2D eigenvalue weighted by Gasteiger charge is -2.14. The van der Waals surface area contributed by atoms with Gasteiger partial charge in [-0.3, -0.25) is 4.65 Å². The van der Waals surface area contributed by atoms with E-state index in [1.54, 1.807) is 0 Å². The van der Waals surface area contributed by atoms with Crippen molar-refractivity contribution in [2.75, 3.05) is 13.1 Å². The molecule has 0 N–H and O–H groups in total. The van der Waals surface area contributed by atoms with Crippen LogP contribution in [0.3, 0.4) is 0 Å². The minimum Gasteiger partial charge on any atom is -0.625 e. The van der Waals surface area contributed by atoms with Crippen LogP contribution in [0.1, 0.15) is 6.92 Å². The SMILES string of the molecule is CC(=O)[N+]1([O-])CC1. The van der Waals surface area contributed by atoms with E-state index in [1.807, 2.05) is 0 Å². The van der Waals surface area contributed by atoms with Gasteiger partial charge in [-0.2, -0.15) is 0 Å². The van der Waals surface area contributed by atoms with E-state index in [2.05, 4.69) is 0 Å². The van der Waals surface area contributed by atoms with Gasteiger partial charge in [0.1, 0.15) is 13.1 Å². The lowest BCUT2D eigenvalue weighted by Crippen LogP contribution is -2.22. The van der Waals surface area contributed by atoms with Crippen LogP contribution in [0, 0.1) is 5.21 Å². The monoisotopic (exact) mass is 101 g/mol. The van der Waals surface area contributed by atoms with Crippen molar-refractivity contribution in [1.29, 1.82) is 0 Å². The van der Waals surface area contributed by atoms with Gasteiger partial charge in [-0.1, -0.05) is 0 Å². The third kappa shape index (κ3) is 0.642. The number of carbonyl (C=O) groups excluding carboxylic acids is 1. The number of hydrogen-bond donors (Lipinski definition) is 0. The zero-order valence-corrected chi connectivity index (χ0v) is 4.18. The van der Waals surface area contributed by atoms with Crippen molar-refractivity contribution >= 4 is 5.91 Å². The zero-order valence-electron chi connectivity index (χ0n) is 4.18. The van der Waals surface area contributed by atoms with Gasteiger partial charge in [0.2, 0.25) is 0 Å². The molecule has 1 amide bonds. The first kappa shape index (κ1) is 4.74. The van der Waals surface area contributed by atoms with E-state index in [4.69, 9.17) is 0 Å². The topological polar surface area (TPSA) is 40.1 Å². The quantitative estimate of drug-likeness (QED) is 0.242. The van der Waals surface area contributed by atoms with Gasteiger partial charge in [-0.25, -0.2) is 4.79 Å². The fourth-order valence-electron chi connectivity index (χ4n) is 0.406. The Labute approximate surface area is 41.7 Å². The molecule has 0 aromatic heterocycles. The minimum atomic E-state index is -0.583. The summed E-state index contributed by atoms with van der Waals surface area (Å²) >= 11 is 0. The van der Waals surface area contributed by atoms with Crippen LogP contribution in [0.5, 0.6) is 0 Å². The molecule has 7 heavy (non-hydrogen) atoms. The summed E-state index contributed by atoms with van der Waals surface area (Å²) in [5, 5.41) is 10.5. The summed E-state index contributed by atoms with van der Waals surface area (Å²) in [6.07, 6.45) is 0. The predicted molar refractivity (Wildman–Crippen MR) is 24.0 cm³/mol. The first-order valence-corrected chi connectivity index (χ1v) is 2.24. The average Bonchev–Trinajstić information content (AvgIpc) is 2.21. The third-order valence-electron chi connectivity index (χ3n) is 1.20. The van der Waals surface area contributed by atoms with Crippen LogP contribution in [0.25, 0.3) is 0 Å². The van der Waals surface area contributed by atoms with Crippen molar-refractivity contribution in [2.45, 2.75) is 6.92 Å². The van der Waals surface area contributed by atoms with E-state index < -0.39 is 4.65 Å². The number of carbonyl (C=O) groups is 1. The molecule has 0 unspecified atom stereocenters. The third-order valence-corrected chi connectivity index (χ3v) is 1.20. The maximum absolute atomic E-state index is 10.5. The van der Waals surface area contributed by atoms with Crippen molar-refractivity contribution in [1.82, 2.24) is 0 Å². The average molecular weight is 101 g/mol. The molecule has 40 valence electrons. The number of amides is 1. The van der Waals surface area contributed by atoms with Gasteiger partial charge in [-0.05, 0) is 0 Å². The molecule has 1 rings (SSSR count). The van der Waals surface area contributed by atoms with Crippen LogP contribution in [0.15, 0.2) is 0 Å². The molecular weight excluding hydrogens is 94.0 g/mol. The number of hydrogen-bond acceptors (Lipinski definition) is 2. The van der Waals surface area contributed by atoms with Crippen LogP contribution in [0.4, 0.5) is 0 Å². The normalized spacial score (nSPS) is 24.3. The van der Waals surface area contributed by atoms with Gasteiger partial charge in [0.25, 0.3) is 0 Å². The standard InChI is InChI=1S/C4H7NO2/c1-4(6)5(7)2-3-5/h2-3H2,1H3. The number of nitrogens with zero attached hydrogens (tertiary/aromatic N) is 1. The Hall–Kier alpha value is -0.410. The molecule has 0 bridgehead atoms. The van der Waals surface area contributed by atoms with Crippen LogP contribution in [-0.2, 0) is 4.79 Å². The van der Waals surface area contributed by atoms with Gasteiger partial charge < -0.3 is 5.21 Å². The first-order valence-electron chi connectivity index (χ1n) is 2.24. The van der Waals surface area contributed by atoms with Gasteiger partial charge in [-0.15, -0.1) is 0 Å². The molecule has 0 aliphatic carbocycles. The van der Waals surface area contributed by atoms with Crippen molar-refractivity contribution in [3.8, 4) is 0 Å². The number of hydroxylamine groups is 3. The maximum atomic E-state index is 10.5. The Morgan fingerprint density at radius 1 is 1.71 bits per heavy atom. The maximum Gasteiger partial charge on any atom is 0.310 e. The van der Waals surface area contributed by atoms with Crippen molar-refractivity contribution in [2.24, 2.45) is 0 Å². The van der Waals surface area contributed by atoms with E-state index in [0.29, 0.717) is 13.1 Å². The minimum absolute atomic E-state index is 0.264. The van der Waals surface area contributed by atoms with E-state index in [1.165, 1.54) is 6.92 Å². The highest BCUT2D eigenvalue weighted by atomic mass is 16.6. The van der Waals surface area contributed by atoms with Crippen molar-refractivity contribution in [3.63, 3.8) is 0 Å². The molecule has 1 heterocycles. The van der Waals surface area contributed by atoms with E-state index in [0.717, 1.165) is 0 Å². The molecule has 0 aromatic carbocycles. The Morgan fingerprint density at radius 2 is 2.14 bits per heavy atom. The summed E-state index contributed by atoms with van der Waals surface area (Å²) in [7, 11) is 0. The molecule has 0 saturated carbocycles. The Kier molecular flexibility index (Phi) is 0.711. The second-order valence-corrected chi connectivity index (χ2v) is 1.86. The second kappa shape index (κ2) is 1.05. The largest absolute Gasteiger partial charge is 0.625 e. The second-order valence-electron chi connectivity index (χ2n) is 1.86. The van der Waals surface area contributed by atoms with E-state index in [-0.39, 0.29) is 5.91 Å². The van der Waals surface area contributed by atoms with Gasteiger partial charge in [0, 0.05) is 0 Å². The Balaban J connectivity index is 2.55. The molecule has 1 fully saturated rings. The predicted octanol–water partition coefficient (Wildman–Crippen LogP) is -0.139. The lowest BCUT2D eigenvalue weighted by atomic mass is 10.7. The summed E-state index contributed by atoms with van der Waals surface area (Å²) in [5.74, 6) is -0.264. The lowest BCUT2D eigenvalue weighted by molar-refractivity contribution is -0.659. The molecule has 1 aliphatic rings. The highest BCUT2D eigenvalue weighted by Gasteiger charge is 2.37. The van der Waals surface area contributed by atoms with Crippen LogP contribution in [-0.4, -0.2) is 23.6 Å². The van der Waals surface area contributed by atoms with Crippen molar-refractivity contribution < 1.29 is 9.44 Å². The molecule has 3 nitrogen and oxygen atoms in total. The summed E-state index contributed by atoms with van der Waals surface area (Å²) < 4.78 is -0.583. The summed E-state index contributed by atoms with van der Waals surface area (Å²) in [6.45, 7) is 2.32. The fourth-order valence-corrected chi connectivity index (χ4v) is 0.406. The summed E-state index contributed by atoms with van der Waals surface area (Å²) in [5.41, 5.74) is 0. The smallest absolute Gasteiger partial charge is 0.310 e. The molecule has 3 heteroatoms. The van der Waals surface area contributed by atoms with Crippen LogP contribution in [0.2, 0.25) is 0 Å². The Bertz CT molecular complexity index is 106. The van der Waals surface area contributed by atoms with Crippen LogP contribution >= 0.6 is 0 Å². The molecular formula is C4H7NO2. The Morgan fingerprint density at radius 3 is 2.14 bits per heavy atom. The van der Waals surface area contributed by atoms with Crippen molar-refractivity contribution in [3.05, 3.63) is 5.21 Å². The summed E-state index contributed by atoms with van der Waals surface area (Å²) in [4.78, 5) is 10.2. The molecule has 0 spiro atoms. The highest BCUT2D eigenvalue weighted by molar-refractivity contribution is 5.67. The van der Waals surface area contributed by atoms with Gasteiger partial charge in [0.15, 0.2) is 0 Å². The molecule has 0 atom stereocenters. The number of rotatable bonds is 0. The first-order chi connectivity index (χ1) is 3.15. The fraction of sp³-hybridized carbons (Fsp3) is 0.750. The molecule has 0 radical (unpaired) electrons. The zero-order chi connectivity index (χ0) is 5.49. The van der Waals surface area contributed by atoms with E-state index >= 15 is 0 Å². The highest BCUT2D eigenvalue weighted by Crippen LogP contribution is 2.17.